The number of rotatable bonds is 7. The molecule has 34 heavy (non-hydrogen) atoms. The van der Waals surface area contributed by atoms with E-state index in [2.05, 4.69) is 19.8 Å². The second kappa shape index (κ2) is 10.0. The number of aryl methyl sites for hydroxylation is 1. The number of anilines is 1. The number of hydrogen-bond acceptors (Lipinski definition) is 6. The van der Waals surface area contributed by atoms with Gasteiger partial charge in [-0.2, -0.15) is 5.10 Å². The van der Waals surface area contributed by atoms with Crippen molar-refractivity contribution in [3.63, 3.8) is 0 Å². The summed E-state index contributed by atoms with van der Waals surface area (Å²) in [6.07, 6.45) is 7.69. The van der Waals surface area contributed by atoms with Crippen LogP contribution < -0.4 is 10.5 Å². The van der Waals surface area contributed by atoms with Crippen molar-refractivity contribution in [1.82, 2.24) is 19.7 Å². The third kappa shape index (κ3) is 5.08. The van der Waals surface area contributed by atoms with Crippen LogP contribution in [0.4, 0.5) is 14.5 Å². The highest BCUT2D eigenvalue weighted by atomic mass is 32.2. The maximum absolute atomic E-state index is 14.5. The second-order valence-electron chi connectivity index (χ2n) is 7.43. The van der Waals surface area contributed by atoms with Crippen molar-refractivity contribution in [2.24, 2.45) is 12.8 Å². The highest BCUT2D eigenvalue weighted by molar-refractivity contribution is 7.92. The van der Waals surface area contributed by atoms with Crippen molar-refractivity contribution >= 4 is 22.6 Å². The maximum Gasteiger partial charge on any atom is 0.152 e. The van der Waals surface area contributed by atoms with Crippen molar-refractivity contribution < 1.29 is 13.3 Å². The molecule has 0 fully saturated rings. The second-order valence-corrected chi connectivity index (χ2v) is 8.91. The fraction of sp³-hybridized carbons (Fsp3) is 0.125. The Kier molecular flexibility index (Phi) is 6.90. The zero-order valence-corrected chi connectivity index (χ0v) is 19.3. The molecule has 0 spiro atoms. The van der Waals surface area contributed by atoms with Crippen LogP contribution in [0, 0.1) is 11.6 Å². The molecule has 0 bridgehead atoms. The number of nitrogens with two attached hydrogens (primary N) is 1. The van der Waals surface area contributed by atoms with Gasteiger partial charge in [-0.1, -0.05) is 6.07 Å². The van der Waals surface area contributed by atoms with Crippen LogP contribution in [0.1, 0.15) is 18.2 Å². The first kappa shape index (κ1) is 23.4. The van der Waals surface area contributed by atoms with Gasteiger partial charge in [-0.3, -0.25) is 14.6 Å². The van der Waals surface area contributed by atoms with Gasteiger partial charge in [0.25, 0.3) is 0 Å². The Hall–Kier alpha value is -3.76. The van der Waals surface area contributed by atoms with E-state index in [9.17, 15) is 13.3 Å². The number of hydrogen-bond donors (Lipinski definition) is 2. The largest absolute Gasteiger partial charge is 0.593 e. The minimum absolute atomic E-state index is 0.0372. The van der Waals surface area contributed by atoms with E-state index in [0.29, 0.717) is 33.8 Å². The summed E-state index contributed by atoms with van der Waals surface area (Å²) in [6, 6.07) is 9.52. The summed E-state index contributed by atoms with van der Waals surface area (Å²) in [5.41, 5.74) is 10.4. The fourth-order valence-corrected chi connectivity index (χ4v) is 3.96. The maximum atomic E-state index is 14.5. The van der Waals surface area contributed by atoms with Crippen molar-refractivity contribution in [3.8, 4) is 22.4 Å². The van der Waals surface area contributed by atoms with E-state index in [4.69, 9.17) is 5.73 Å². The summed E-state index contributed by atoms with van der Waals surface area (Å²) in [4.78, 5) is 8.45. The summed E-state index contributed by atoms with van der Waals surface area (Å²) in [7, 11) is 1.84. The van der Waals surface area contributed by atoms with Crippen molar-refractivity contribution in [2.75, 3.05) is 10.5 Å². The van der Waals surface area contributed by atoms with Crippen LogP contribution >= 0.6 is 0 Å². The van der Waals surface area contributed by atoms with E-state index in [0.717, 1.165) is 23.4 Å². The first-order valence-electron chi connectivity index (χ1n) is 10.4. The van der Waals surface area contributed by atoms with E-state index in [-0.39, 0.29) is 5.69 Å². The molecule has 3 N–H and O–H groups in total. The summed E-state index contributed by atoms with van der Waals surface area (Å²) in [6.45, 7) is 1.77. The SMILES string of the molecule is CC[S+]([O-])Nc1cc(C(=CN)c2ccc(-c3cnn(C)c3)cn2)cc(-c2ncc(F)cc2F)c1. The van der Waals surface area contributed by atoms with E-state index < -0.39 is 23.0 Å². The lowest BCUT2D eigenvalue weighted by Crippen LogP contribution is -2.15. The quantitative estimate of drug-likeness (QED) is 0.383. The molecule has 0 aliphatic heterocycles. The van der Waals surface area contributed by atoms with Gasteiger partial charge in [0.1, 0.15) is 17.3 Å². The molecule has 0 aliphatic carbocycles. The van der Waals surface area contributed by atoms with E-state index >= 15 is 0 Å². The molecule has 0 aliphatic rings. The molecule has 0 saturated carbocycles. The van der Waals surface area contributed by atoms with Gasteiger partial charge in [0, 0.05) is 54.0 Å². The zero-order chi connectivity index (χ0) is 24.2. The molecule has 1 unspecified atom stereocenters. The number of benzene rings is 1. The molecule has 10 heteroatoms. The first-order chi connectivity index (χ1) is 16.4. The van der Waals surface area contributed by atoms with Crippen molar-refractivity contribution in [3.05, 3.63) is 90.3 Å². The van der Waals surface area contributed by atoms with Crippen molar-refractivity contribution in [1.29, 1.82) is 0 Å². The highest BCUT2D eigenvalue weighted by Gasteiger charge is 2.16. The van der Waals surface area contributed by atoms with Crippen LogP contribution in [-0.4, -0.2) is 30.1 Å². The predicted molar refractivity (Wildman–Crippen MR) is 130 cm³/mol. The lowest BCUT2D eigenvalue weighted by Gasteiger charge is -2.15. The number of aromatic nitrogens is 4. The summed E-state index contributed by atoms with van der Waals surface area (Å²) < 4.78 is 44.6. The van der Waals surface area contributed by atoms with Gasteiger partial charge in [-0.05, 0) is 36.8 Å². The minimum atomic E-state index is -1.34. The van der Waals surface area contributed by atoms with Crippen LogP contribution in [0.3, 0.4) is 0 Å². The van der Waals surface area contributed by atoms with E-state index in [1.54, 1.807) is 42.2 Å². The molecule has 1 atom stereocenters. The molecule has 0 saturated heterocycles. The topological polar surface area (TPSA) is 105 Å². The van der Waals surface area contributed by atoms with Crippen LogP contribution in [0.15, 0.2) is 67.4 Å². The third-order valence-corrected chi connectivity index (χ3v) is 6.05. The van der Waals surface area contributed by atoms with Crippen molar-refractivity contribution in [2.45, 2.75) is 6.92 Å². The average molecular weight is 481 g/mol. The molecule has 0 radical (unpaired) electrons. The molecule has 174 valence electrons. The summed E-state index contributed by atoms with van der Waals surface area (Å²) in [5, 5.41) is 4.17. The Morgan fingerprint density at radius 2 is 1.91 bits per heavy atom. The first-order valence-corrected chi connectivity index (χ1v) is 11.7. The summed E-state index contributed by atoms with van der Waals surface area (Å²) in [5.74, 6) is -1.21. The van der Waals surface area contributed by atoms with Gasteiger partial charge in [-0.25, -0.2) is 13.5 Å². The Bertz CT molecular complexity index is 1340. The Balaban J connectivity index is 1.76. The molecule has 4 aromatic rings. The summed E-state index contributed by atoms with van der Waals surface area (Å²) >= 11 is -1.34. The molecule has 3 heterocycles. The zero-order valence-electron chi connectivity index (χ0n) is 18.5. The number of nitrogens with zero attached hydrogens (tertiary/aromatic N) is 4. The van der Waals surface area contributed by atoms with Gasteiger partial charge < -0.3 is 10.3 Å². The third-order valence-electron chi connectivity index (χ3n) is 5.06. The van der Waals surface area contributed by atoms with E-state index in [1.807, 2.05) is 25.4 Å². The lowest BCUT2D eigenvalue weighted by atomic mass is 9.98. The van der Waals surface area contributed by atoms with Gasteiger partial charge in [0.05, 0.1) is 35.1 Å². The Labute approximate surface area is 198 Å². The molecular formula is C24H22F2N6OS. The van der Waals surface area contributed by atoms with Crippen LogP contribution in [-0.2, 0) is 18.4 Å². The average Bonchev–Trinajstić information content (AvgIpc) is 3.26. The fourth-order valence-electron chi connectivity index (χ4n) is 3.43. The van der Waals surface area contributed by atoms with E-state index in [1.165, 1.54) is 6.20 Å². The lowest BCUT2D eigenvalue weighted by molar-refractivity contribution is 0.576. The predicted octanol–water partition coefficient (Wildman–Crippen LogP) is 4.27. The van der Waals surface area contributed by atoms with Gasteiger partial charge in [-0.15, -0.1) is 0 Å². The monoisotopic (exact) mass is 480 g/mol. The van der Waals surface area contributed by atoms with Gasteiger partial charge in [0.2, 0.25) is 0 Å². The molecular weight excluding hydrogens is 458 g/mol. The minimum Gasteiger partial charge on any atom is -0.593 e. The van der Waals surface area contributed by atoms with Gasteiger partial charge >= 0.3 is 0 Å². The van der Waals surface area contributed by atoms with Crippen LogP contribution in [0.5, 0.6) is 0 Å². The highest BCUT2D eigenvalue weighted by Crippen LogP contribution is 2.32. The molecule has 4 rings (SSSR count). The molecule has 7 nitrogen and oxygen atoms in total. The smallest absolute Gasteiger partial charge is 0.152 e. The Morgan fingerprint density at radius 1 is 1.09 bits per heavy atom. The van der Waals surface area contributed by atoms with Crippen LogP contribution in [0.2, 0.25) is 0 Å². The molecule has 1 aromatic carbocycles. The molecule has 0 amide bonds. The number of pyridine rings is 2. The Morgan fingerprint density at radius 3 is 2.53 bits per heavy atom. The molecule has 3 aromatic heterocycles. The standard InChI is InChI=1S/C24H22F2N6OS/c1-3-34(33)31-20-7-16(6-17(8-20)24-22(26)9-19(25)13-29-24)21(10-27)23-5-4-15(11-28-23)18-12-30-32(2)14-18/h4-14,31H,3,27H2,1-2H3. The van der Waals surface area contributed by atoms with Gasteiger partial charge in [0.15, 0.2) is 5.82 Å². The number of halogens is 2. The van der Waals surface area contributed by atoms with Crippen LogP contribution in [0.25, 0.3) is 28.0 Å². The number of nitrogens with one attached hydrogen (secondary N) is 1. The normalized spacial score (nSPS) is 12.6.